The molecule has 2 aromatic rings. The number of anilines is 1. The van der Waals surface area contributed by atoms with Gasteiger partial charge in [-0.1, -0.05) is 6.92 Å². The number of nitrogens with zero attached hydrogens (tertiary/aromatic N) is 3. The number of aromatic nitrogens is 2. The standard InChI is InChI=1S/C15H22N4O/c1-4-6-16-14-8-12(2)17-15(18-14)10-19(3)9-13-5-7-20-11-13/h5,7-8,11H,4,6,9-10H2,1-3H3,(H,16,17,18). The number of rotatable bonds is 7. The molecule has 0 spiro atoms. The summed E-state index contributed by atoms with van der Waals surface area (Å²) in [5, 5.41) is 3.31. The molecule has 5 heteroatoms. The molecule has 0 aliphatic heterocycles. The van der Waals surface area contributed by atoms with E-state index in [-0.39, 0.29) is 0 Å². The normalized spacial score (nSPS) is 11.0. The first-order valence-corrected chi connectivity index (χ1v) is 6.95. The fraction of sp³-hybridized carbons (Fsp3) is 0.467. The van der Waals surface area contributed by atoms with Crippen LogP contribution in [0.1, 0.15) is 30.4 Å². The first kappa shape index (κ1) is 14.5. The van der Waals surface area contributed by atoms with Crippen molar-refractivity contribution >= 4 is 5.82 Å². The van der Waals surface area contributed by atoms with Crippen LogP contribution in [0, 0.1) is 6.92 Å². The molecule has 108 valence electrons. The minimum absolute atomic E-state index is 0.716. The monoisotopic (exact) mass is 274 g/mol. The van der Waals surface area contributed by atoms with Crippen LogP contribution in [-0.2, 0) is 13.1 Å². The Hall–Kier alpha value is -1.88. The molecule has 1 N–H and O–H groups in total. The van der Waals surface area contributed by atoms with Gasteiger partial charge in [-0.05, 0) is 26.5 Å². The summed E-state index contributed by atoms with van der Waals surface area (Å²) in [6, 6.07) is 3.96. The Morgan fingerprint density at radius 1 is 1.30 bits per heavy atom. The second kappa shape index (κ2) is 7.05. The molecule has 20 heavy (non-hydrogen) atoms. The van der Waals surface area contributed by atoms with E-state index < -0.39 is 0 Å². The quantitative estimate of drug-likeness (QED) is 0.841. The highest BCUT2D eigenvalue weighted by atomic mass is 16.3. The Labute approximate surface area is 120 Å². The van der Waals surface area contributed by atoms with Crippen molar-refractivity contribution in [3.8, 4) is 0 Å². The number of aryl methyl sites for hydroxylation is 1. The number of hydrogen-bond donors (Lipinski definition) is 1. The van der Waals surface area contributed by atoms with Crippen molar-refractivity contribution in [2.24, 2.45) is 0 Å². The largest absolute Gasteiger partial charge is 0.472 e. The zero-order chi connectivity index (χ0) is 14.4. The lowest BCUT2D eigenvalue weighted by molar-refractivity contribution is 0.309. The molecule has 0 aliphatic carbocycles. The van der Waals surface area contributed by atoms with E-state index in [0.717, 1.165) is 42.4 Å². The van der Waals surface area contributed by atoms with E-state index in [1.54, 1.807) is 12.5 Å². The van der Waals surface area contributed by atoms with E-state index >= 15 is 0 Å². The van der Waals surface area contributed by atoms with Crippen molar-refractivity contribution < 1.29 is 4.42 Å². The van der Waals surface area contributed by atoms with Gasteiger partial charge in [0.2, 0.25) is 0 Å². The smallest absolute Gasteiger partial charge is 0.144 e. The Morgan fingerprint density at radius 2 is 2.15 bits per heavy atom. The Balaban J connectivity index is 1.98. The van der Waals surface area contributed by atoms with Gasteiger partial charge in [-0.2, -0.15) is 0 Å². The molecule has 0 saturated carbocycles. The van der Waals surface area contributed by atoms with Crippen molar-refractivity contribution in [1.29, 1.82) is 0 Å². The Kier molecular flexibility index (Phi) is 5.12. The van der Waals surface area contributed by atoms with Gasteiger partial charge in [0.25, 0.3) is 0 Å². The van der Waals surface area contributed by atoms with Crippen LogP contribution in [0.3, 0.4) is 0 Å². The van der Waals surface area contributed by atoms with Gasteiger partial charge >= 0.3 is 0 Å². The third-order valence-electron chi connectivity index (χ3n) is 2.90. The van der Waals surface area contributed by atoms with Crippen LogP contribution >= 0.6 is 0 Å². The van der Waals surface area contributed by atoms with Crippen LogP contribution in [0.15, 0.2) is 29.1 Å². The SMILES string of the molecule is CCCNc1cc(C)nc(CN(C)Cc2ccoc2)n1. The summed E-state index contributed by atoms with van der Waals surface area (Å²) < 4.78 is 5.08. The van der Waals surface area contributed by atoms with Crippen molar-refractivity contribution in [3.63, 3.8) is 0 Å². The summed E-state index contributed by atoms with van der Waals surface area (Å²) in [4.78, 5) is 11.2. The fourth-order valence-corrected chi connectivity index (χ4v) is 2.04. The van der Waals surface area contributed by atoms with Crippen LogP contribution in [0.4, 0.5) is 5.82 Å². The van der Waals surface area contributed by atoms with E-state index in [1.807, 2.05) is 19.1 Å². The summed E-state index contributed by atoms with van der Waals surface area (Å²) >= 11 is 0. The highest BCUT2D eigenvalue weighted by molar-refractivity contribution is 5.35. The summed E-state index contributed by atoms with van der Waals surface area (Å²) in [6.07, 6.45) is 4.54. The average Bonchev–Trinajstić information content (AvgIpc) is 2.88. The van der Waals surface area contributed by atoms with Crippen LogP contribution < -0.4 is 5.32 Å². The van der Waals surface area contributed by atoms with Gasteiger partial charge in [0.1, 0.15) is 11.6 Å². The molecule has 0 fully saturated rings. The van der Waals surface area contributed by atoms with E-state index in [9.17, 15) is 0 Å². The molecule has 0 aliphatic rings. The average molecular weight is 274 g/mol. The molecule has 2 heterocycles. The second-order valence-corrected chi connectivity index (χ2v) is 5.04. The van der Waals surface area contributed by atoms with Crippen molar-refractivity contribution in [3.05, 3.63) is 41.7 Å². The van der Waals surface area contributed by atoms with Gasteiger partial charge in [0.05, 0.1) is 19.1 Å². The molecule has 0 amide bonds. The summed E-state index contributed by atoms with van der Waals surface area (Å²) in [6.45, 7) is 6.61. The highest BCUT2D eigenvalue weighted by Gasteiger charge is 2.07. The molecule has 2 aromatic heterocycles. The molecule has 0 radical (unpaired) electrons. The molecule has 2 rings (SSSR count). The van der Waals surface area contributed by atoms with Gasteiger partial charge in [0, 0.05) is 30.4 Å². The minimum Gasteiger partial charge on any atom is -0.472 e. The third-order valence-corrected chi connectivity index (χ3v) is 2.90. The Morgan fingerprint density at radius 3 is 2.85 bits per heavy atom. The molecule has 5 nitrogen and oxygen atoms in total. The van der Waals surface area contributed by atoms with E-state index in [1.165, 1.54) is 0 Å². The van der Waals surface area contributed by atoms with Crippen molar-refractivity contribution in [2.75, 3.05) is 18.9 Å². The predicted octanol–water partition coefficient (Wildman–Crippen LogP) is 2.83. The molecular weight excluding hydrogens is 252 g/mol. The lowest BCUT2D eigenvalue weighted by atomic mass is 10.3. The van der Waals surface area contributed by atoms with Crippen LogP contribution in [-0.4, -0.2) is 28.5 Å². The first-order valence-electron chi connectivity index (χ1n) is 6.95. The number of hydrogen-bond acceptors (Lipinski definition) is 5. The molecule has 0 bridgehead atoms. The van der Waals surface area contributed by atoms with Crippen LogP contribution in [0.5, 0.6) is 0 Å². The van der Waals surface area contributed by atoms with E-state index in [2.05, 4.69) is 34.2 Å². The number of nitrogens with one attached hydrogen (secondary N) is 1. The first-order chi connectivity index (χ1) is 9.67. The molecular formula is C15H22N4O. The third kappa shape index (κ3) is 4.35. The van der Waals surface area contributed by atoms with E-state index in [4.69, 9.17) is 4.42 Å². The van der Waals surface area contributed by atoms with Crippen LogP contribution in [0.2, 0.25) is 0 Å². The highest BCUT2D eigenvalue weighted by Crippen LogP contribution is 2.10. The lowest BCUT2D eigenvalue weighted by Gasteiger charge is -2.15. The second-order valence-electron chi connectivity index (χ2n) is 5.04. The molecule has 0 saturated heterocycles. The van der Waals surface area contributed by atoms with Crippen molar-refractivity contribution in [2.45, 2.75) is 33.4 Å². The van der Waals surface area contributed by atoms with Gasteiger partial charge in [-0.15, -0.1) is 0 Å². The topological polar surface area (TPSA) is 54.2 Å². The van der Waals surface area contributed by atoms with Gasteiger partial charge < -0.3 is 9.73 Å². The van der Waals surface area contributed by atoms with Crippen molar-refractivity contribution in [1.82, 2.24) is 14.9 Å². The zero-order valence-electron chi connectivity index (χ0n) is 12.4. The number of furan rings is 1. The zero-order valence-corrected chi connectivity index (χ0v) is 12.4. The lowest BCUT2D eigenvalue weighted by Crippen LogP contribution is -2.19. The molecule has 0 unspecified atom stereocenters. The predicted molar refractivity (Wildman–Crippen MR) is 79.4 cm³/mol. The Bertz CT molecular complexity index is 525. The van der Waals surface area contributed by atoms with E-state index in [0.29, 0.717) is 6.54 Å². The maximum absolute atomic E-state index is 5.08. The van der Waals surface area contributed by atoms with Gasteiger partial charge in [-0.25, -0.2) is 9.97 Å². The maximum atomic E-state index is 5.08. The summed E-state index contributed by atoms with van der Waals surface area (Å²) in [5.74, 6) is 1.75. The van der Waals surface area contributed by atoms with Crippen LogP contribution in [0.25, 0.3) is 0 Å². The summed E-state index contributed by atoms with van der Waals surface area (Å²) in [5.41, 5.74) is 2.15. The molecule has 0 atom stereocenters. The molecule has 0 aromatic carbocycles. The maximum Gasteiger partial charge on any atom is 0.144 e. The van der Waals surface area contributed by atoms with Gasteiger partial charge in [0.15, 0.2) is 0 Å². The fourth-order valence-electron chi connectivity index (χ4n) is 2.04. The summed E-state index contributed by atoms with van der Waals surface area (Å²) in [7, 11) is 2.05. The minimum atomic E-state index is 0.716. The van der Waals surface area contributed by atoms with Gasteiger partial charge in [-0.3, -0.25) is 4.90 Å².